The summed E-state index contributed by atoms with van der Waals surface area (Å²) in [6.45, 7) is 4.93. The number of imidazole rings is 1. The minimum atomic E-state index is 0.258. The van der Waals surface area contributed by atoms with Crippen LogP contribution in [0.3, 0.4) is 0 Å². The van der Waals surface area contributed by atoms with Crippen molar-refractivity contribution in [2.75, 3.05) is 13.7 Å². The van der Waals surface area contributed by atoms with Crippen molar-refractivity contribution in [3.8, 4) is 11.5 Å². The zero-order chi connectivity index (χ0) is 16.5. The largest absolute Gasteiger partial charge is 0.496 e. The third-order valence-electron chi connectivity index (χ3n) is 5.07. The highest BCUT2D eigenvalue weighted by molar-refractivity contribution is 5.48. The SMILES string of the molecule is COc1cc2c(cc1CNC[C@H]1CCCn3ccnc31)O[C@H](C)C2. The van der Waals surface area contributed by atoms with Gasteiger partial charge in [-0.1, -0.05) is 0 Å². The van der Waals surface area contributed by atoms with E-state index in [1.54, 1.807) is 7.11 Å². The van der Waals surface area contributed by atoms with Crippen LogP contribution in [-0.2, 0) is 19.5 Å². The molecule has 0 amide bonds. The van der Waals surface area contributed by atoms with Crippen molar-refractivity contribution in [3.05, 3.63) is 41.5 Å². The molecular weight excluding hydrogens is 302 g/mol. The molecule has 2 aliphatic rings. The van der Waals surface area contributed by atoms with Crippen LogP contribution in [0.4, 0.5) is 0 Å². The number of hydrogen-bond acceptors (Lipinski definition) is 4. The van der Waals surface area contributed by atoms with Crippen molar-refractivity contribution in [1.82, 2.24) is 14.9 Å². The summed E-state index contributed by atoms with van der Waals surface area (Å²) in [6, 6.07) is 4.26. The fourth-order valence-corrected chi connectivity index (χ4v) is 3.89. The number of aromatic nitrogens is 2. The molecule has 0 unspecified atom stereocenters. The van der Waals surface area contributed by atoms with Crippen LogP contribution in [0.15, 0.2) is 24.5 Å². The van der Waals surface area contributed by atoms with Gasteiger partial charge in [-0.25, -0.2) is 4.98 Å². The summed E-state index contributed by atoms with van der Waals surface area (Å²) in [5.41, 5.74) is 2.40. The molecule has 4 rings (SSSR count). The topological polar surface area (TPSA) is 48.3 Å². The summed E-state index contributed by atoms with van der Waals surface area (Å²) in [5, 5.41) is 3.59. The number of aryl methyl sites for hydroxylation is 1. The van der Waals surface area contributed by atoms with Gasteiger partial charge in [0.2, 0.25) is 0 Å². The molecule has 0 saturated heterocycles. The van der Waals surface area contributed by atoms with Gasteiger partial charge in [0.25, 0.3) is 0 Å². The Kier molecular flexibility index (Phi) is 4.19. The number of nitrogens with zero attached hydrogens (tertiary/aromatic N) is 2. The lowest BCUT2D eigenvalue weighted by atomic mass is 9.98. The molecule has 5 heteroatoms. The molecule has 2 atom stereocenters. The third kappa shape index (κ3) is 2.88. The molecule has 0 aliphatic carbocycles. The first-order valence-electron chi connectivity index (χ1n) is 8.83. The van der Waals surface area contributed by atoms with E-state index >= 15 is 0 Å². The lowest BCUT2D eigenvalue weighted by Crippen LogP contribution is -2.26. The molecule has 0 radical (unpaired) electrons. The van der Waals surface area contributed by atoms with E-state index in [2.05, 4.69) is 40.1 Å². The minimum absolute atomic E-state index is 0.258. The van der Waals surface area contributed by atoms with Crippen LogP contribution in [0.1, 0.15) is 42.6 Å². The van der Waals surface area contributed by atoms with E-state index in [-0.39, 0.29) is 6.10 Å². The number of hydrogen-bond donors (Lipinski definition) is 1. The Balaban J connectivity index is 1.43. The van der Waals surface area contributed by atoms with Crippen molar-refractivity contribution >= 4 is 0 Å². The van der Waals surface area contributed by atoms with Crippen LogP contribution in [0.25, 0.3) is 0 Å². The van der Waals surface area contributed by atoms with E-state index in [0.29, 0.717) is 5.92 Å². The van der Waals surface area contributed by atoms with Gasteiger partial charge in [-0.05, 0) is 31.9 Å². The summed E-state index contributed by atoms with van der Waals surface area (Å²) >= 11 is 0. The Hall–Kier alpha value is -2.01. The van der Waals surface area contributed by atoms with Gasteiger partial charge >= 0.3 is 0 Å². The van der Waals surface area contributed by atoms with Gasteiger partial charge in [-0.15, -0.1) is 0 Å². The molecule has 0 spiro atoms. The smallest absolute Gasteiger partial charge is 0.123 e. The Morgan fingerprint density at radius 2 is 2.33 bits per heavy atom. The quantitative estimate of drug-likeness (QED) is 0.917. The van der Waals surface area contributed by atoms with Crippen LogP contribution < -0.4 is 14.8 Å². The maximum atomic E-state index is 5.88. The average Bonchev–Trinajstić information content (AvgIpc) is 3.19. The fraction of sp³-hybridized carbons (Fsp3) is 0.526. The fourth-order valence-electron chi connectivity index (χ4n) is 3.89. The molecule has 0 saturated carbocycles. The van der Waals surface area contributed by atoms with E-state index in [0.717, 1.165) is 43.1 Å². The Morgan fingerprint density at radius 1 is 1.42 bits per heavy atom. The molecule has 24 heavy (non-hydrogen) atoms. The molecule has 1 aromatic heterocycles. The summed E-state index contributed by atoms with van der Waals surface area (Å²) in [5.74, 6) is 3.66. The second-order valence-electron chi connectivity index (χ2n) is 6.85. The standard InChI is InChI=1S/C19H25N3O2/c1-13-8-15-9-17(23-2)16(10-18(15)24-13)12-20-11-14-4-3-6-22-7-5-21-19(14)22/h5,7,9-10,13-14,20H,3-4,6,8,11-12H2,1-2H3/t13-,14-/m1/s1. The van der Waals surface area contributed by atoms with Gasteiger partial charge in [0, 0.05) is 55.5 Å². The van der Waals surface area contributed by atoms with Gasteiger partial charge < -0.3 is 19.4 Å². The second-order valence-corrected chi connectivity index (χ2v) is 6.85. The minimum Gasteiger partial charge on any atom is -0.496 e. The molecule has 2 aliphatic heterocycles. The van der Waals surface area contributed by atoms with Crippen LogP contribution in [0, 0.1) is 0 Å². The van der Waals surface area contributed by atoms with Crippen molar-refractivity contribution in [1.29, 1.82) is 0 Å². The first-order chi connectivity index (χ1) is 11.7. The van der Waals surface area contributed by atoms with Gasteiger partial charge in [0.05, 0.1) is 7.11 Å². The van der Waals surface area contributed by atoms with E-state index in [4.69, 9.17) is 9.47 Å². The van der Waals surface area contributed by atoms with Crippen molar-refractivity contribution < 1.29 is 9.47 Å². The predicted molar refractivity (Wildman–Crippen MR) is 92.7 cm³/mol. The first kappa shape index (κ1) is 15.5. The molecule has 3 heterocycles. The normalized spacial score (nSPS) is 21.9. The summed E-state index contributed by atoms with van der Waals surface area (Å²) in [7, 11) is 1.74. The number of methoxy groups -OCH3 is 1. The number of fused-ring (bicyclic) bond motifs is 2. The Bertz CT molecular complexity index is 725. The molecule has 1 N–H and O–H groups in total. The van der Waals surface area contributed by atoms with Gasteiger partial charge in [-0.3, -0.25) is 0 Å². The van der Waals surface area contributed by atoms with Gasteiger partial charge in [0.1, 0.15) is 23.4 Å². The summed E-state index contributed by atoms with van der Waals surface area (Å²) < 4.78 is 13.7. The van der Waals surface area contributed by atoms with Crippen LogP contribution >= 0.6 is 0 Å². The molecular formula is C19H25N3O2. The predicted octanol–water partition coefficient (Wildman–Crippen LogP) is 2.88. The number of rotatable bonds is 5. The van der Waals surface area contributed by atoms with Crippen LogP contribution in [0.2, 0.25) is 0 Å². The van der Waals surface area contributed by atoms with Crippen molar-refractivity contribution in [2.45, 2.75) is 51.3 Å². The highest BCUT2D eigenvalue weighted by atomic mass is 16.5. The van der Waals surface area contributed by atoms with E-state index in [9.17, 15) is 0 Å². The first-order valence-corrected chi connectivity index (χ1v) is 8.83. The molecule has 5 nitrogen and oxygen atoms in total. The van der Waals surface area contributed by atoms with Crippen molar-refractivity contribution in [2.24, 2.45) is 0 Å². The zero-order valence-corrected chi connectivity index (χ0v) is 14.4. The molecule has 2 aromatic rings. The van der Waals surface area contributed by atoms with E-state index in [1.165, 1.54) is 24.2 Å². The average molecular weight is 327 g/mol. The molecule has 0 fully saturated rings. The van der Waals surface area contributed by atoms with Crippen LogP contribution in [0.5, 0.6) is 11.5 Å². The van der Waals surface area contributed by atoms with Crippen LogP contribution in [-0.4, -0.2) is 29.3 Å². The highest BCUT2D eigenvalue weighted by Gasteiger charge is 2.23. The van der Waals surface area contributed by atoms with Crippen molar-refractivity contribution in [3.63, 3.8) is 0 Å². The number of benzene rings is 1. The molecule has 0 bridgehead atoms. The number of ether oxygens (including phenoxy) is 2. The summed E-state index contributed by atoms with van der Waals surface area (Å²) in [6.07, 6.45) is 7.65. The zero-order valence-electron chi connectivity index (χ0n) is 14.4. The van der Waals surface area contributed by atoms with Gasteiger partial charge in [-0.2, -0.15) is 0 Å². The molecule has 128 valence electrons. The Morgan fingerprint density at radius 3 is 3.21 bits per heavy atom. The highest BCUT2D eigenvalue weighted by Crippen LogP contribution is 2.35. The number of nitrogens with one attached hydrogen (secondary N) is 1. The lowest BCUT2D eigenvalue weighted by Gasteiger charge is -2.24. The van der Waals surface area contributed by atoms with E-state index in [1.807, 2.05) is 6.20 Å². The third-order valence-corrected chi connectivity index (χ3v) is 5.07. The maximum Gasteiger partial charge on any atom is 0.123 e. The lowest BCUT2D eigenvalue weighted by molar-refractivity contribution is 0.254. The summed E-state index contributed by atoms with van der Waals surface area (Å²) in [4.78, 5) is 4.53. The van der Waals surface area contributed by atoms with E-state index < -0.39 is 0 Å². The molecule has 1 aromatic carbocycles. The Labute approximate surface area is 143 Å². The van der Waals surface area contributed by atoms with Gasteiger partial charge in [0.15, 0.2) is 0 Å². The maximum absolute atomic E-state index is 5.88. The monoisotopic (exact) mass is 327 g/mol. The second kappa shape index (κ2) is 6.48.